The molecule has 1 aliphatic heterocycles. The van der Waals surface area contributed by atoms with Crippen LogP contribution in [-0.2, 0) is 4.74 Å². The Morgan fingerprint density at radius 1 is 1.17 bits per heavy atom. The highest BCUT2D eigenvalue weighted by Crippen LogP contribution is 2.31. The van der Waals surface area contributed by atoms with Crippen molar-refractivity contribution in [1.29, 1.82) is 0 Å². The summed E-state index contributed by atoms with van der Waals surface area (Å²) in [5, 5.41) is 11.4. The van der Waals surface area contributed by atoms with E-state index in [9.17, 15) is 14.7 Å². The van der Waals surface area contributed by atoms with Gasteiger partial charge in [-0.2, -0.15) is 0 Å². The van der Waals surface area contributed by atoms with Gasteiger partial charge < -0.3 is 9.84 Å². The normalized spacial score (nSPS) is 16.5. The Bertz CT molecular complexity index is 746. The van der Waals surface area contributed by atoms with E-state index in [0.29, 0.717) is 16.5 Å². The second-order valence-corrected chi connectivity index (χ2v) is 5.44. The van der Waals surface area contributed by atoms with Crippen molar-refractivity contribution in [3.8, 4) is 0 Å². The van der Waals surface area contributed by atoms with E-state index in [1.807, 2.05) is 12.1 Å². The van der Waals surface area contributed by atoms with Gasteiger partial charge in [0.05, 0.1) is 12.7 Å². The molecule has 23 heavy (non-hydrogen) atoms. The first-order chi connectivity index (χ1) is 11.1. The monoisotopic (exact) mass is 311 g/mol. The van der Waals surface area contributed by atoms with Crippen molar-refractivity contribution in [3.05, 3.63) is 60.2 Å². The molecule has 1 heterocycles. The molecule has 0 radical (unpaired) electrons. The molecular weight excluding hydrogens is 294 g/mol. The van der Waals surface area contributed by atoms with Crippen LogP contribution in [-0.4, -0.2) is 40.8 Å². The van der Waals surface area contributed by atoms with Gasteiger partial charge in [-0.15, -0.1) is 6.58 Å². The highest BCUT2D eigenvalue weighted by Gasteiger charge is 2.39. The van der Waals surface area contributed by atoms with Crippen molar-refractivity contribution in [2.24, 2.45) is 0 Å². The maximum Gasteiger partial charge on any atom is 0.263 e. The Balaban J connectivity index is 2.14. The standard InChI is InChI=1S/C18H17NO4/c1-3-10-23-18(11(2)20)19-16(21)13-8-4-6-12-7-5-9-14(15(12)13)17(19)22/h3-9,11,18,20H,1,10H2,2H3. The fraction of sp³-hybridized carbons (Fsp3) is 0.222. The number of amides is 2. The number of hydrogen-bond acceptors (Lipinski definition) is 4. The number of ether oxygens (including phenoxy) is 1. The molecule has 0 saturated heterocycles. The van der Waals surface area contributed by atoms with Crippen LogP contribution in [0, 0.1) is 0 Å². The molecule has 0 saturated carbocycles. The van der Waals surface area contributed by atoms with Crippen LogP contribution in [0.15, 0.2) is 49.1 Å². The largest absolute Gasteiger partial charge is 0.389 e. The molecule has 5 nitrogen and oxygen atoms in total. The Morgan fingerprint density at radius 2 is 1.74 bits per heavy atom. The lowest BCUT2D eigenvalue weighted by atomic mass is 9.93. The van der Waals surface area contributed by atoms with Gasteiger partial charge in [0.2, 0.25) is 0 Å². The number of carbonyl (C=O) groups excluding carboxylic acids is 2. The molecule has 2 unspecified atom stereocenters. The number of aliphatic hydroxyl groups excluding tert-OH is 1. The van der Waals surface area contributed by atoms with Gasteiger partial charge in [-0.25, -0.2) is 4.90 Å². The van der Waals surface area contributed by atoms with Gasteiger partial charge in [0.25, 0.3) is 11.8 Å². The summed E-state index contributed by atoms with van der Waals surface area (Å²) >= 11 is 0. The molecule has 118 valence electrons. The Morgan fingerprint density at radius 3 is 2.22 bits per heavy atom. The molecule has 1 N–H and O–H groups in total. The van der Waals surface area contributed by atoms with E-state index in [2.05, 4.69) is 6.58 Å². The van der Waals surface area contributed by atoms with Crippen molar-refractivity contribution in [3.63, 3.8) is 0 Å². The van der Waals surface area contributed by atoms with Crippen molar-refractivity contribution in [2.45, 2.75) is 19.3 Å². The first-order valence-electron chi connectivity index (χ1n) is 7.36. The summed E-state index contributed by atoms with van der Waals surface area (Å²) in [6, 6.07) is 10.6. The second kappa shape index (κ2) is 5.95. The maximum absolute atomic E-state index is 12.8. The molecule has 5 heteroatoms. The lowest BCUT2D eigenvalue weighted by Crippen LogP contribution is -2.52. The molecule has 2 amide bonds. The summed E-state index contributed by atoms with van der Waals surface area (Å²) in [7, 11) is 0. The first-order valence-corrected chi connectivity index (χ1v) is 7.36. The first kappa shape index (κ1) is 15.4. The van der Waals surface area contributed by atoms with E-state index >= 15 is 0 Å². The molecule has 0 bridgehead atoms. The third-order valence-electron chi connectivity index (χ3n) is 3.86. The van der Waals surface area contributed by atoms with Crippen LogP contribution in [0.4, 0.5) is 0 Å². The van der Waals surface area contributed by atoms with Crippen LogP contribution in [0.2, 0.25) is 0 Å². The smallest absolute Gasteiger partial charge is 0.263 e. The molecule has 2 aromatic carbocycles. The van der Waals surface area contributed by atoms with Gasteiger partial charge >= 0.3 is 0 Å². The molecule has 3 rings (SSSR count). The van der Waals surface area contributed by atoms with Crippen molar-refractivity contribution in [2.75, 3.05) is 6.61 Å². The lowest BCUT2D eigenvalue weighted by Gasteiger charge is -2.34. The number of hydrogen-bond donors (Lipinski definition) is 1. The van der Waals surface area contributed by atoms with E-state index in [4.69, 9.17) is 4.74 Å². The van der Waals surface area contributed by atoms with Crippen LogP contribution in [0.3, 0.4) is 0 Å². The van der Waals surface area contributed by atoms with Crippen LogP contribution in [0.25, 0.3) is 10.8 Å². The Labute approximate surface area is 133 Å². The maximum atomic E-state index is 12.8. The SMILES string of the molecule is C=CCOC(C(C)O)N1C(=O)c2cccc3cccc(c23)C1=O. The average molecular weight is 311 g/mol. The van der Waals surface area contributed by atoms with E-state index in [1.54, 1.807) is 24.3 Å². The zero-order valence-electron chi connectivity index (χ0n) is 12.7. The molecule has 2 atom stereocenters. The summed E-state index contributed by atoms with van der Waals surface area (Å²) < 4.78 is 5.46. The summed E-state index contributed by atoms with van der Waals surface area (Å²) in [6.07, 6.45) is -0.577. The minimum atomic E-state index is -1.06. The van der Waals surface area contributed by atoms with Crippen LogP contribution in [0.5, 0.6) is 0 Å². The molecular formula is C18H17NO4. The lowest BCUT2D eigenvalue weighted by molar-refractivity contribution is -0.0840. The topological polar surface area (TPSA) is 66.8 Å². The van der Waals surface area contributed by atoms with Crippen molar-refractivity contribution < 1.29 is 19.4 Å². The van der Waals surface area contributed by atoms with Gasteiger partial charge in [0, 0.05) is 16.5 Å². The van der Waals surface area contributed by atoms with E-state index in [0.717, 1.165) is 10.3 Å². The zero-order valence-corrected chi connectivity index (χ0v) is 12.7. The van der Waals surface area contributed by atoms with E-state index < -0.39 is 24.1 Å². The minimum absolute atomic E-state index is 0.123. The minimum Gasteiger partial charge on any atom is -0.389 e. The molecule has 0 fully saturated rings. The highest BCUT2D eigenvalue weighted by atomic mass is 16.5. The van der Waals surface area contributed by atoms with Gasteiger partial charge in [0.15, 0.2) is 6.23 Å². The highest BCUT2D eigenvalue weighted by molar-refractivity contribution is 6.25. The summed E-state index contributed by atoms with van der Waals surface area (Å²) in [5.41, 5.74) is 0.871. The van der Waals surface area contributed by atoms with Crippen LogP contribution < -0.4 is 0 Å². The molecule has 0 aliphatic carbocycles. The number of imide groups is 1. The molecule has 0 spiro atoms. The van der Waals surface area contributed by atoms with Gasteiger partial charge in [-0.05, 0) is 24.4 Å². The Hall–Kier alpha value is -2.50. The third kappa shape index (κ3) is 2.44. The van der Waals surface area contributed by atoms with E-state index in [1.165, 1.54) is 13.0 Å². The van der Waals surface area contributed by atoms with Crippen LogP contribution >= 0.6 is 0 Å². The third-order valence-corrected chi connectivity index (χ3v) is 3.86. The molecule has 1 aliphatic rings. The Kier molecular flexibility index (Phi) is 3.98. The molecule has 2 aromatic rings. The zero-order chi connectivity index (χ0) is 16.6. The van der Waals surface area contributed by atoms with Gasteiger partial charge in [-0.3, -0.25) is 9.59 Å². The molecule has 0 aromatic heterocycles. The second-order valence-electron chi connectivity index (χ2n) is 5.44. The summed E-state index contributed by atoms with van der Waals surface area (Å²) in [4.78, 5) is 26.6. The summed E-state index contributed by atoms with van der Waals surface area (Å²) in [6.45, 7) is 5.15. The predicted octanol–water partition coefficient (Wildman–Crippen LogP) is 2.35. The van der Waals surface area contributed by atoms with Crippen molar-refractivity contribution >= 4 is 22.6 Å². The van der Waals surface area contributed by atoms with Gasteiger partial charge in [0.1, 0.15) is 0 Å². The fourth-order valence-corrected chi connectivity index (χ4v) is 2.88. The van der Waals surface area contributed by atoms with Crippen LogP contribution in [0.1, 0.15) is 27.6 Å². The number of carbonyl (C=O) groups is 2. The number of benzene rings is 2. The van der Waals surface area contributed by atoms with Crippen molar-refractivity contribution in [1.82, 2.24) is 4.90 Å². The summed E-state index contributed by atoms with van der Waals surface area (Å²) in [5.74, 6) is -0.927. The number of nitrogens with zero attached hydrogens (tertiary/aromatic N) is 1. The quantitative estimate of drug-likeness (QED) is 0.680. The predicted molar refractivity (Wildman–Crippen MR) is 86.1 cm³/mol. The average Bonchev–Trinajstić information content (AvgIpc) is 2.55. The number of rotatable bonds is 5. The fourth-order valence-electron chi connectivity index (χ4n) is 2.88. The van der Waals surface area contributed by atoms with Gasteiger partial charge in [-0.1, -0.05) is 30.3 Å². The number of aliphatic hydroxyl groups is 1. The van der Waals surface area contributed by atoms with E-state index in [-0.39, 0.29) is 6.61 Å².